The summed E-state index contributed by atoms with van der Waals surface area (Å²) >= 11 is 15.7. The van der Waals surface area contributed by atoms with Crippen LogP contribution in [0.4, 0.5) is 8.78 Å². The molecule has 70 heavy (non-hydrogen) atoms. The van der Waals surface area contributed by atoms with E-state index in [2.05, 4.69) is 57.0 Å². The van der Waals surface area contributed by atoms with Gasteiger partial charge in [0.05, 0.1) is 37.9 Å². The molecule has 2 saturated carbocycles. The topological polar surface area (TPSA) is 171 Å². The SMILES string of the molecule is CCCCCCCCCCNCC1(O)CCC(F)(F)CC1.CCCCCCCCCCNCC1(O)CCCCC1.CSc1c[nH]c2c(I)cc(C(=O)O)c(Cl)c12.Cc1cc(C(=O)O)c(Cl)c2cc[nH]c12. The molecular weight excluding hydrogens is 1070 g/mol. The molecule has 6 rings (SSSR count). The molecule has 2 aliphatic rings. The Morgan fingerprint density at radius 2 is 1.16 bits per heavy atom. The molecule has 2 aliphatic carbocycles. The molecule has 16 heteroatoms. The van der Waals surface area contributed by atoms with Crippen molar-refractivity contribution >= 4 is 91.3 Å². The summed E-state index contributed by atoms with van der Waals surface area (Å²) in [5.41, 5.74) is 1.65. The number of unbranched alkanes of at least 4 members (excludes halogenated alkanes) is 14. The summed E-state index contributed by atoms with van der Waals surface area (Å²) in [6, 6.07) is 4.93. The molecule has 0 radical (unpaired) electrons. The lowest BCUT2D eigenvalue weighted by Crippen LogP contribution is -2.46. The zero-order valence-electron chi connectivity index (χ0n) is 42.3. The van der Waals surface area contributed by atoms with Gasteiger partial charge in [-0.25, -0.2) is 18.4 Å². The van der Waals surface area contributed by atoms with Crippen molar-refractivity contribution in [1.29, 1.82) is 0 Å². The molecule has 0 spiro atoms. The maximum Gasteiger partial charge on any atom is 0.337 e. The molecule has 0 atom stereocenters. The fourth-order valence-corrected chi connectivity index (χ4v) is 11.1. The minimum Gasteiger partial charge on any atom is -0.478 e. The molecule has 0 aliphatic heterocycles. The summed E-state index contributed by atoms with van der Waals surface area (Å²) < 4.78 is 27.0. The summed E-state index contributed by atoms with van der Waals surface area (Å²) in [5, 5.41) is 47.3. The van der Waals surface area contributed by atoms with Crippen LogP contribution < -0.4 is 10.6 Å². The fourth-order valence-electron chi connectivity index (χ4n) is 9.11. The number of thioether (sulfide) groups is 1. The highest BCUT2D eigenvalue weighted by atomic mass is 127. The van der Waals surface area contributed by atoms with E-state index in [-0.39, 0.29) is 36.8 Å². The van der Waals surface area contributed by atoms with Crippen LogP contribution in [0, 0.1) is 10.5 Å². The first-order valence-electron chi connectivity index (χ1n) is 25.9. The third-order valence-electron chi connectivity index (χ3n) is 13.5. The van der Waals surface area contributed by atoms with Crippen LogP contribution in [0.25, 0.3) is 21.8 Å². The van der Waals surface area contributed by atoms with Crippen LogP contribution >= 0.6 is 57.6 Å². The number of halogens is 5. The number of rotatable bonds is 25. The van der Waals surface area contributed by atoms with Gasteiger partial charge in [0.2, 0.25) is 5.92 Å². The monoisotopic (exact) mass is 1150 g/mol. The van der Waals surface area contributed by atoms with Crippen LogP contribution in [-0.4, -0.2) is 91.9 Å². The fraction of sp³-hybridized carbons (Fsp3) is 0.667. The molecule has 0 bridgehead atoms. The van der Waals surface area contributed by atoms with Crippen molar-refractivity contribution in [3.8, 4) is 0 Å². The summed E-state index contributed by atoms with van der Waals surface area (Å²) in [4.78, 5) is 29.0. The van der Waals surface area contributed by atoms with E-state index in [1.807, 2.05) is 19.4 Å². The number of aromatic amines is 2. The van der Waals surface area contributed by atoms with Crippen LogP contribution in [0.15, 0.2) is 35.5 Å². The minimum absolute atomic E-state index is 0.147. The second-order valence-electron chi connectivity index (χ2n) is 19.4. The third kappa shape index (κ3) is 21.7. The maximum atomic E-state index is 13.1. The number of nitrogens with one attached hydrogen (secondary N) is 4. The summed E-state index contributed by atoms with van der Waals surface area (Å²) in [5.74, 6) is -4.57. The predicted octanol–water partition coefficient (Wildman–Crippen LogP) is 15.7. The Kier molecular flexibility index (Phi) is 29.2. The summed E-state index contributed by atoms with van der Waals surface area (Å²) in [6.45, 7) is 9.58. The molecule has 8 N–H and O–H groups in total. The second kappa shape index (κ2) is 32.9. The smallest absolute Gasteiger partial charge is 0.337 e. The minimum atomic E-state index is -2.57. The number of aromatic nitrogens is 2. The number of carbonyl (C=O) groups is 2. The zero-order valence-corrected chi connectivity index (χ0v) is 46.8. The highest BCUT2D eigenvalue weighted by molar-refractivity contribution is 14.1. The molecule has 0 amide bonds. The number of carboxylic acids is 2. The van der Waals surface area contributed by atoms with Gasteiger partial charge in [-0.2, -0.15) is 0 Å². The van der Waals surface area contributed by atoms with E-state index < -0.39 is 29.1 Å². The van der Waals surface area contributed by atoms with Gasteiger partial charge in [-0.15, -0.1) is 11.8 Å². The Morgan fingerprint density at radius 3 is 1.64 bits per heavy atom. The lowest BCUT2D eigenvalue weighted by atomic mass is 9.83. The van der Waals surface area contributed by atoms with Gasteiger partial charge in [0, 0.05) is 63.1 Å². The third-order valence-corrected chi connectivity index (χ3v) is 15.9. The van der Waals surface area contributed by atoms with E-state index in [9.17, 15) is 28.6 Å². The first-order valence-corrected chi connectivity index (χ1v) is 29.0. The Morgan fingerprint density at radius 1 is 0.686 bits per heavy atom. The van der Waals surface area contributed by atoms with Crippen LogP contribution in [0.3, 0.4) is 0 Å². The molecule has 2 fully saturated rings. The molecule has 2 aromatic carbocycles. The van der Waals surface area contributed by atoms with Crippen molar-refractivity contribution in [1.82, 2.24) is 20.6 Å². The molecule has 4 aromatic rings. The number of fused-ring (bicyclic) bond motifs is 2. The van der Waals surface area contributed by atoms with Crippen LogP contribution in [0.5, 0.6) is 0 Å². The number of aromatic carboxylic acids is 2. The Hall–Kier alpha value is -2.18. The Balaban J connectivity index is 0.000000249. The first kappa shape index (κ1) is 62.1. The largest absolute Gasteiger partial charge is 0.478 e. The Bertz CT molecular complexity index is 2140. The van der Waals surface area contributed by atoms with E-state index >= 15 is 0 Å². The molecule has 0 saturated heterocycles. The predicted molar refractivity (Wildman–Crippen MR) is 297 cm³/mol. The zero-order chi connectivity index (χ0) is 51.6. The normalized spacial score (nSPS) is 15.9. The van der Waals surface area contributed by atoms with E-state index in [0.29, 0.717) is 16.6 Å². The van der Waals surface area contributed by atoms with E-state index in [1.54, 1.807) is 24.4 Å². The van der Waals surface area contributed by atoms with Gasteiger partial charge in [0.15, 0.2) is 0 Å². The van der Waals surface area contributed by atoms with Crippen LogP contribution in [-0.2, 0) is 0 Å². The highest BCUT2D eigenvalue weighted by Gasteiger charge is 2.42. The van der Waals surface area contributed by atoms with Crippen molar-refractivity contribution in [2.24, 2.45) is 0 Å². The second-order valence-corrected chi connectivity index (χ2v) is 22.2. The van der Waals surface area contributed by atoms with Crippen molar-refractivity contribution in [2.45, 2.75) is 203 Å². The van der Waals surface area contributed by atoms with Gasteiger partial charge >= 0.3 is 11.9 Å². The molecule has 2 aromatic heterocycles. The Labute approximate surface area is 444 Å². The van der Waals surface area contributed by atoms with Gasteiger partial charge in [-0.05, 0) is 111 Å². The number of H-pyrrole nitrogens is 2. The highest BCUT2D eigenvalue weighted by Crippen LogP contribution is 2.39. The van der Waals surface area contributed by atoms with Crippen molar-refractivity contribution in [3.05, 3.63) is 60.9 Å². The number of hydrogen-bond donors (Lipinski definition) is 8. The van der Waals surface area contributed by atoms with Crippen LogP contribution in [0.1, 0.15) is 201 Å². The van der Waals surface area contributed by atoms with Gasteiger partial charge in [0.1, 0.15) is 0 Å². The number of aryl methyl sites for hydroxylation is 1. The first-order chi connectivity index (χ1) is 33.4. The quantitative estimate of drug-likeness (QED) is 0.0183. The van der Waals surface area contributed by atoms with Crippen molar-refractivity contribution in [3.63, 3.8) is 0 Å². The molecule has 2 heterocycles. The van der Waals surface area contributed by atoms with E-state index in [0.717, 1.165) is 74.7 Å². The van der Waals surface area contributed by atoms with E-state index in [4.69, 9.17) is 33.4 Å². The lowest BCUT2D eigenvalue weighted by Gasteiger charge is -2.36. The number of aliphatic hydroxyl groups is 2. The number of benzene rings is 2. The van der Waals surface area contributed by atoms with Crippen molar-refractivity contribution in [2.75, 3.05) is 32.4 Å². The van der Waals surface area contributed by atoms with Gasteiger partial charge < -0.3 is 41.0 Å². The average Bonchev–Trinajstić information content (AvgIpc) is 4.02. The molecule has 10 nitrogen and oxygen atoms in total. The van der Waals surface area contributed by atoms with Gasteiger partial charge in [-0.1, -0.05) is 146 Å². The molecule has 396 valence electrons. The van der Waals surface area contributed by atoms with Gasteiger partial charge in [-0.3, -0.25) is 0 Å². The molecular formula is C54H83Cl2F2IN4O6S. The van der Waals surface area contributed by atoms with Crippen LogP contribution in [0.2, 0.25) is 10.0 Å². The average molecular weight is 1150 g/mol. The number of carboxylic acid groups (broad SMARTS) is 2. The summed E-state index contributed by atoms with van der Waals surface area (Å²) in [6.07, 6.45) is 32.5. The number of hydrogen-bond acceptors (Lipinski definition) is 7. The van der Waals surface area contributed by atoms with Gasteiger partial charge in [0.25, 0.3) is 0 Å². The maximum absolute atomic E-state index is 13.1. The molecule has 0 unspecified atom stereocenters. The van der Waals surface area contributed by atoms with Crippen molar-refractivity contribution < 1.29 is 38.8 Å². The van der Waals surface area contributed by atoms with E-state index in [1.165, 1.54) is 127 Å². The summed E-state index contributed by atoms with van der Waals surface area (Å²) in [7, 11) is 0. The number of alkyl halides is 2. The lowest BCUT2D eigenvalue weighted by molar-refractivity contribution is -0.102. The standard InChI is InChI=1S/C17H33F2NO.C17H35NO.C10H7ClINO2S.C10H8ClNO2/c1-2-3-4-5-6-7-8-9-14-20-15-16(21)10-12-17(18,19)13-11-16;1-2-3-4-5-6-7-8-12-15-18-16-17(19)13-10-9-11-14-17;1-16-6-3-13-9-5(12)2-4(10(14)15)8(11)7(6)9;1-5-4-7(10(13)14)8(11)6-2-3-12-9(5)6/h20-21H,2-15H2,1H3;18-19H,2-16H2,1H3;2-3,13H,1H3,(H,14,15);2-4,12H,1H3,(H,13,14).